The monoisotopic (exact) mass is 423 g/mol. The molecule has 3 saturated heterocycles. The van der Waals surface area contributed by atoms with Crippen LogP contribution in [-0.4, -0.2) is 65.3 Å². The van der Waals surface area contributed by atoms with Gasteiger partial charge in [-0.2, -0.15) is 17.0 Å². The number of hydrogen-bond donors (Lipinski definition) is 2. The Kier molecular flexibility index (Phi) is 4.92. The number of piperidine rings is 2. The summed E-state index contributed by atoms with van der Waals surface area (Å²) in [5, 5.41) is 6.96. The summed E-state index contributed by atoms with van der Waals surface area (Å²) in [6.07, 6.45) is 6.58. The lowest BCUT2D eigenvalue weighted by molar-refractivity contribution is 0.0897. The van der Waals surface area contributed by atoms with Crippen LogP contribution in [0.15, 0.2) is 10.6 Å². The Morgan fingerprint density at radius 2 is 1.76 bits per heavy atom. The molecule has 2 bridgehead atoms. The van der Waals surface area contributed by atoms with E-state index in [-0.39, 0.29) is 30.1 Å². The van der Waals surface area contributed by atoms with Gasteiger partial charge in [-0.05, 0) is 51.4 Å². The van der Waals surface area contributed by atoms with Gasteiger partial charge in [0.1, 0.15) is 5.76 Å². The maximum Gasteiger partial charge on any atom is 0.282 e. The van der Waals surface area contributed by atoms with E-state index in [1.165, 1.54) is 0 Å². The average Bonchev–Trinajstić information content (AvgIpc) is 3.34. The van der Waals surface area contributed by atoms with Crippen LogP contribution in [0, 0.1) is 0 Å². The van der Waals surface area contributed by atoms with Gasteiger partial charge in [-0.1, -0.05) is 5.16 Å². The highest BCUT2D eigenvalue weighted by Gasteiger charge is 2.49. The van der Waals surface area contributed by atoms with E-state index in [1.54, 1.807) is 14.7 Å². The van der Waals surface area contributed by atoms with Gasteiger partial charge in [-0.15, -0.1) is 0 Å². The molecule has 4 aliphatic rings. The fraction of sp³-hybridized carbons (Fsp3) is 0.789. The van der Waals surface area contributed by atoms with Crippen molar-refractivity contribution in [2.75, 3.05) is 13.1 Å². The first-order valence-electron chi connectivity index (χ1n) is 10.7. The maximum atomic E-state index is 13.2. The molecule has 1 aromatic rings. The highest BCUT2D eigenvalue weighted by molar-refractivity contribution is 7.86. The number of nitrogens with one attached hydrogen (secondary N) is 1. The minimum absolute atomic E-state index is 0.0395. The van der Waals surface area contributed by atoms with Gasteiger partial charge in [0.25, 0.3) is 16.1 Å². The van der Waals surface area contributed by atoms with E-state index in [2.05, 4.69) is 10.5 Å². The molecule has 1 saturated carbocycles. The predicted octanol–water partition coefficient (Wildman–Crippen LogP) is 0.945. The molecule has 10 heteroatoms. The number of carbonyl (C=O) groups excluding carboxylic acids is 1. The Morgan fingerprint density at radius 1 is 1.10 bits per heavy atom. The first-order chi connectivity index (χ1) is 13.9. The molecule has 0 unspecified atom stereocenters. The third kappa shape index (κ3) is 3.71. The second-order valence-electron chi connectivity index (χ2n) is 8.99. The standard InChI is InChI=1S/C19H29N5O4S/c20-13-5-7-23(8-6-13)29(26,27)24-15-3-4-16(24)10-14(9-15)21-19(25)17-11-18(28-22-17)12-1-2-12/h11-16H,1-10,20H2,(H,21,25)/t14-,15+,16-. The van der Waals surface area contributed by atoms with Crippen LogP contribution in [0.1, 0.15) is 73.5 Å². The maximum absolute atomic E-state index is 13.2. The zero-order valence-electron chi connectivity index (χ0n) is 16.5. The Bertz CT molecular complexity index is 861. The molecule has 160 valence electrons. The SMILES string of the molecule is NC1CCN(S(=O)(=O)N2[C@@H]3CC[C@H]2C[C@@H](NC(=O)c2cc(C4CC4)on2)C3)CC1. The molecule has 3 N–H and O–H groups in total. The molecular formula is C19H29N5O4S. The number of fused-ring (bicyclic) bond motifs is 2. The molecule has 4 fully saturated rings. The van der Waals surface area contributed by atoms with E-state index < -0.39 is 10.2 Å². The zero-order valence-corrected chi connectivity index (χ0v) is 17.3. The number of carbonyl (C=O) groups is 1. The average molecular weight is 424 g/mol. The highest BCUT2D eigenvalue weighted by atomic mass is 32.2. The van der Waals surface area contributed by atoms with Crippen molar-refractivity contribution in [3.63, 3.8) is 0 Å². The second-order valence-corrected chi connectivity index (χ2v) is 10.8. The number of nitrogens with two attached hydrogens (primary N) is 1. The molecule has 5 rings (SSSR count). The zero-order chi connectivity index (χ0) is 20.2. The van der Waals surface area contributed by atoms with E-state index in [0.717, 1.165) is 31.4 Å². The van der Waals surface area contributed by atoms with Crippen LogP contribution < -0.4 is 11.1 Å². The van der Waals surface area contributed by atoms with Crippen molar-refractivity contribution in [3.05, 3.63) is 17.5 Å². The van der Waals surface area contributed by atoms with Gasteiger partial charge in [0.2, 0.25) is 0 Å². The first-order valence-corrected chi connectivity index (χ1v) is 12.1. The Labute approximate surface area is 171 Å². The van der Waals surface area contributed by atoms with Gasteiger partial charge < -0.3 is 15.6 Å². The van der Waals surface area contributed by atoms with Gasteiger partial charge in [-0.25, -0.2) is 0 Å². The molecule has 0 spiro atoms. The summed E-state index contributed by atoms with van der Waals surface area (Å²) in [5.41, 5.74) is 6.25. The predicted molar refractivity (Wildman–Crippen MR) is 105 cm³/mol. The van der Waals surface area contributed by atoms with E-state index >= 15 is 0 Å². The van der Waals surface area contributed by atoms with Crippen molar-refractivity contribution in [1.29, 1.82) is 0 Å². The van der Waals surface area contributed by atoms with E-state index in [0.29, 0.717) is 50.4 Å². The van der Waals surface area contributed by atoms with Gasteiger partial charge >= 0.3 is 0 Å². The smallest absolute Gasteiger partial charge is 0.282 e. The van der Waals surface area contributed by atoms with Crippen molar-refractivity contribution in [2.45, 2.75) is 81.5 Å². The fourth-order valence-corrected chi connectivity index (χ4v) is 7.16. The summed E-state index contributed by atoms with van der Waals surface area (Å²) in [4.78, 5) is 12.6. The van der Waals surface area contributed by atoms with Crippen LogP contribution in [0.4, 0.5) is 0 Å². The van der Waals surface area contributed by atoms with Gasteiger partial charge in [-0.3, -0.25) is 4.79 Å². The minimum Gasteiger partial charge on any atom is -0.360 e. The molecule has 1 amide bonds. The molecule has 4 heterocycles. The number of hydrogen-bond acceptors (Lipinski definition) is 6. The Morgan fingerprint density at radius 3 is 2.38 bits per heavy atom. The van der Waals surface area contributed by atoms with E-state index in [1.807, 2.05) is 0 Å². The molecule has 9 nitrogen and oxygen atoms in total. The van der Waals surface area contributed by atoms with Crippen molar-refractivity contribution >= 4 is 16.1 Å². The molecule has 1 aliphatic carbocycles. The van der Waals surface area contributed by atoms with Crippen molar-refractivity contribution in [3.8, 4) is 0 Å². The third-order valence-electron chi connectivity index (χ3n) is 6.83. The summed E-state index contributed by atoms with van der Waals surface area (Å²) in [5.74, 6) is 0.974. The largest absolute Gasteiger partial charge is 0.360 e. The highest BCUT2D eigenvalue weighted by Crippen LogP contribution is 2.41. The fourth-order valence-electron chi connectivity index (χ4n) is 5.08. The number of aromatic nitrogens is 1. The molecule has 0 radical (unpaired) electrons. The van der Waals surface area contributed by atoms with Crippen LogP contribution in [0.3, 0.4) is 0 Å². The van der Waals surface area contributed by atoms with E-state index in [4.69, 9.17) is 10.3 Å². The van der Waals surface area contributed by atoms with E-state index in [9.17, 15) is 13.2 Å². The quantitative estimate of drug-likeness (QED) is 0.727. The molecule has 3 aliphatic heterocycles. The Hall–Kier alpha value is -1.49. The topological polar surface area (TPSA) is 122 Å². The van der Waals surface area contributed by atoms with Crippen molar-refractivity contribution in [2.24, 2.45) is 5.73 Å². The van der Waals surface area contributed by atoms with Crippen molar-refractivity contribution in [1.82, 2.24) is 19.1 Å². The van der Waals surface area contributed by atoms with Crippen molar-refractivity contribution < 1.29 is 17.7 Å². The van der Waals surface area contributed by atoms with Crippen LogP contribution in [0.2, 0.25) is 0 Å². The summed E-state index contributed by atoms with van der Waals surface area (Å²) in [7, 11) is -3.48. The summed E-state index contributed by atoms with van der Waals surface area (Å²) in [6.45, 7) is 0.990. The minimum atomic E-state index is -3.48. The molecular weight excluding hydrogens is 394 g/mol. The summed E-state index contributed by atoms with van der Waals surface area (Å²) < 4.78 is 35.1. The second kappa shape index (κ2) is 7.33. The first kappa shape index (κ1) is 19.5. The van der Waals surface area contributed by atoms with Crippen LogP contribution in [0.25, 0.3) is 0 Å². The lowest BCUT2D eigenvalue weighted by atomic mass is 9.99. The number of rotatable bonds is 5. The summed E-state index contributed by atoms with van der Waals surface area (Å²) in [6, 6.07) is 1.68. The number of nitrogens with zero attached hydrogens (tertiary/aromatic N) is 3. The lowest BCUT2D eigenvalue weighted by Crippen LogP contribution is -2.57. The molecule has 0 aromatic carbocycles. The summed E-state index contributed by atoms with van der Waals surface area (Å²) >= 11 is 0. The van der Waals surface area contributed by atoms with Gasteiger partial charge in [0.15, 0.2) is 5.69 Å². The van der Waals surface area contributed by atoms with Crippen LogP contribution >= 0.6 is 0 Å². The molecule has 29 heavy (non-hydrogen) atoms. The number of amides is 1. The third-order valence-corrected chi connectivity index (χ3v) is 8.98. The van der Waals surface area contributed by atoms with Gasteiger partial charge in [0, 0.05) is 49.2 Å². The Balaban J connectivity index is 1.23. The molecule has 1 aromatic heterocycles. The molecule has 3 atom stereocenters. The van der Waals surface area contributed by atoms with Crippen LogP contribution in [0.5, 0.6) is 0 Å². The normalized spacial score (nSPS) is 31.8. The lowest BCUT2D eigenvalue weighted by Gasteiger charge is -2.41. The van der Waals surface area contributed by atoms with Crippen LogP contribution in [-0.2, 0) is 10.2 Å². The van der Waals surface area contributed by atoms with Gasteiger partial charge in [0.05, 0.1) is 0 Å².